The molecule has 21 heavy (non-hydrogen) atoms. The lowest BCUT2D eigenvalue weighted by Gasteiger charge is -2.14. The molecule has 3 N–H and O–H groups in total. The van der Waals surface area contributed by atoms with Crippen LogP contribution in [0.4, 0.5) is 11.4 Å². The largest absolute Gasteiger partial charge is 0.494 e. The Morgan fingerprint density at radius 2 is 2.24 bits per heavy atom. The van der Waals surface area contributed by atoms with E-state index in [1.807, 2.05) is 0 Å². The zero-order chi connectivity index (χ0) is 15.5. The first kappa shape index (κ1) is 15.6. The SMILES string of the molecule is COc1cc(N)ccc1NC(=O)CCN1CCCS1(=O)=O. The highest BCUT2D eigenvalue weighted by Gasteiger charge is 2.28. The van der Waals surface area contributed by atoms with Crippen LogP contribution in [-0.4, -0.2) is 44.6 Å². The van der Waals surface area contributed by atoms with Crippen LogP contribution >= 0.6 is 0 Å². The summed E-state index contributed by atoms with van der Waals surface area (Å²) in [6, 6.07) is 4.92. The number of methoxy groups -OCH3 is 1. The van der Waals surface area contributed by atoms with E-state index in [-0.39, 0.29) is 24.6 Å². The molecule has 1 amide bonds. The lowest BCUT2D eigenvalue weighted by atomic mass is 10.2. The highest BCUT2D eigenvalue weighted by Crippen LogP contribution is 2.26. The Morgan fingerprint density at radius 3 is 2.86 bits per heavy atom. The maximum Gasteiger partial charge on any atom is 0.225 e. The Balaban J connectivity index is 1.93. The van der Waals surface area contributed by atoms with Gasteiger partial charge in [0.15, 0.2) is 0 Å². The second-order valence-corrected chi connectivity index (χ2v) is 6.91. The Kier molecular flexibility index (Phi) is 4.69. The number of nitrogens with one attached hydrogen (secondary N) is 1. The summed E-state index contributed by atoms with van der Waals surface area (Å²) in [5, 5.41) is 2.70. The van der Waals surface area contributed by atoms with Crippen molar-refractivity contribution in [1.82, 2.24) is 4.31 Å². The lowest BCUT2D eigenvalue weighted by molar-refractivity contribution is -0.116. The molecule has 1 saturated heterocycles. The Labute approximate surface area is 124 Å². The van der Waals surface area contributed by atoms with E-state index in [1.54, 1.807) is 18.2 Å². The minimum Gasteiger partial charge on any atom is -0.494 e. The van der Waals surface area contributed by atoms with E-state index in [0.717, 1.165) is 0 Å². The first-order valence-electron chi connectivity index (χ1n) is 6.63. The molecule has 0 aromatic heterocycles. The van der Waals surface area contributed by atoms with Crippen LogP contribution in [0.1, 0.15) is 12.8 Å². The summed E-state index contributed by atoms with van der Waals surface area (Å²) in [5.74, 6) is 0.373. The third-order valence-electron chi connectivity index (χ3n) is 3.29. The molecule has 0 bridgehead atoms. The predicted octanol–water partition coefficient (Wildman–Crippen LogP) is 0.641. The fourth-order valence-corrected chi connectivity index (χ4v) is 3.72. The molecule has 1 aliphatic heterocycles. The van der Waals surface area contributed by atoms with Gasteiger partial charge in [-0.3, -0.25) is 4.79 Å². The topological polar surface area (TPSA) is 102 Å². The summed E-state index contributed by atoms with van der Waals surface area (Å²) >= 11 is 0. The number of hydrogen-bond acceptors (Lipinski definition) is 5. The number of nitrogens with two attached hydrogens (primary N) is 1. The predicted molar refractivity (Wildman–Crippen MR) is 80.6 cm³/mol. The highest BCUT2D eigenvalue weighted by atomic mass is 32.2. The molecule has 1 fully saturated rings. The molecule has 2 rings (SSSR count). The molecule has 7 nitrogen and oxygen atoms in total. The van der Waals surface area contributed by atoms with Gasteiger partial charge in [0.1, 0.15) is 5.75 Å². The third-order valence-corrected chi connectivity index (χ3v) is 5.25. The first-order chi connectivity index (χ1) is 9.92. The van der Waals surface area contributed by atoms with Gasteiger partial charge in [0.05, 0.1) is 18.6 Å². The van der Waals surface area contributed by atoms with Crippen LogP contribution in [0.15, 0.2) is 18.2 Å². The van der Waals surface area contributed by atoms with Gasteiger partial charge < -0.3 is 15.8 Å². The zero-order valence-electron chi connectivity index (χ0n) is 11.8. The van der Waals surface area contributed by atoms with Gasteiger partial charge in [-0.1, -0.05) is 0 Å². The first-order valence-corrected chi connectivity index (χ1v) is 8.24. The molecule has 0 atom stereocenters. The summed E-state index contributed by atoms with van der Waals surface area (Å²) in [6.07, 6.45) is 0.725. The molecule has 1 aromatic carbocycles. The molecule has 0 radical (unpaired) electrons. The number of carbonyl (C=O) groups excluding carboxylic acids is 1. The van der Waals surface area contributed by atoms with E-state index >= 15 is 0 Å². The number of amides is 1. The number of hydrogen-bond donors (Lipinski definition) is 2. The van der Waals surface area contributed by atoms with E-state index in [4.69, 9.17) is 10.5 Å². The van der Waals surface area contributed by atoms with Crippen molar-refractivity contribution in [2.24, 2.45) is 0 Å². The number of nitrogens with zero attached hydrogens (tertiary/aromatic N) is 1. The lowest BCUT2D eigenvalue weighted by Crippen LogP contribution is -2.29. The van der Waals surface area contributed by atoms with E-state index in [0.29, 0.717) is 30.1 Å². The molecule has 0 spiro atoms. The fourth-order valence-electron chi connectivity index (χ4n) is 2.19. The molecule has 0 unspecified atom stereocenters. The number of rotatable bonds is 5. The van der Waals surface area contributed by atoms with Crippen LogP contribution in [-0.2, 0) is 14.8 Å². The van der Waals surface area contributed by atoms with Crippen molar-refractivity contribution in [1.29, 1.82) is 0 Å². The van der Waals surface area contributed by atoms with Crippen LogP contribution in [0.5, 0.6) is 5.75 Å². The molecule has 1 heterocycles. The van der Waals surface area contributed by atoms with Crippen LogP contribution in [0.2, 0.25) is 0 Å². The number of anilines is 2. The Hall–Kier alpha value is -1.80. The number of ether oxygens (including phenoxy) is 1. The molecule has 1 aliphatic rings. The van der Waals surface area contributed by atoms with Crippen LogP contribution in [0.25, 0.3) is 0 Å². The molecule has 116 valence electrons. The van der Waals surface area contributed by atoms with Crippen molar-refractivity contribution in [3.63, 3.8) is 0 Å². The van der Waals surface area contributed by atoms with Crippen molar-refractivity contribution < 1.29 is 17.9 Å². The second-order valence-electron chi connectivity index (χ2n) is 4.83. The van der Waals surface area contributed by atoms with E-state index in [2.05, 4.69) is 5.32 Å². The fraction of sp³-hybridized carbons (Fsp3) is 0.462. The number of carbonyl (C=O) groups is 1. The standard InChI is InChI=1S/C13H19N3O4S/c1-20-12-9-10(14)3-4-11(12)15-13(17)5-7-16-6-2-8-21(16,18)19/h3-4,9H,2,5-8,14H2,1H3,(H,15,17). The van der Waals surface area contributed by atoms with E-state index in [1.165, 1.54) is 11.4 Å². The average molecular weight is 313 g/mol. The molecular formula is C13H19N3O4S. The minimum absolute atomic E-state index is 0.104. The molecule has 8 heteroatoms. The van der Waals surface area contributed by atoms with E-state index in [9.17, 15) is 13.2 Å². The van der Waals surface area contributed by atoms with Crippen molar-refractivity contribution in [3.8, 4) is 5.75 Å². The maximum atomic E-state index is 11.9. The van der Waals surface area contributed by atoms with Gasteiger partial charge in [-0.05, 0) is 18.6 Å². The van der Waals surface area contributed by atoms with Crippen molar-refractivity contribution in [2.45, 2.75) is 12.8 Å². The average Bonchev–Trinajstić information content (AvgIpc) is 2.77. The number of nitrogen functional groups attached to an aromatic ring is 1. The Bertz CT molecular complexity index is 630. The summed E-state index contributed by atoms with van der Waals surface area (Å²) in [6.45, 7) is 0.687. The van der Waals surface area contributed by atoms with Crippen LogP contribution in [0.3, 0.4) is 0 Å². The second kappa shape index (κ2) is 6.31. The minimum atomic E-state index is -3.16. The quantitative estimate of drug-likeness (QED) is 0.777. The van der Waals surface area contributed by atoms with Crippen molar-refractivity contribution in [3.05, 3.63) is 18.2 Å². The zero-order valence-corrected chi connectivity index (χ0v) is 12.6. The third kappa shape index (κ3) is 3.85. The number of sulfonamides is 1. The van der Waals surface area contributed by atoms with Gasteiger partial charge in [-0.15, -0.1) is 0 Å². The molecule has 1 aromatic rings. The van der Waals surface area contributed by atoms with Gasteiger partial charge in [0.2, 0.25) is 15.9 Å². The van der Waals surface area contributed by atoms with Crippen LogP contribution in [0, 0.1) is 0 Å². The molecule has 0 saturated carbocycles. The van der Waals surface area contributed by atoms with Gasteiger partial charge in [0, 0.05) is 31.3 Å². The summed E-state index contributed by atoms with van der Waals surface area (Å²) in [7, 11) is -1.67. The summed E-state index contributed by atoms with van der Waals surface area (Å²) in [4.78, 5) is 11.9. The van der Waals surface area contributed by atoms with Crippen molar-refractivity contribution in [2.75, 3.05) is 37.0 Å². The van der Waals surface area contributed by atoms with Gasteiger partial charge >= 0.3 is 0 Å². The smallest absolute Gasteiger partial charge is 0.225 e. The van der Waals surface area contributed by atoms with Gasteiger partial charge in [0.25, 0.3) is 0 Å². The maximum absolute atomic E-state index is 11.9. The van der Waals surface area contributed by atoms with Crippen molar-refractivity contribution >= 4 is 27.3 Å². The highest BCUT2D eigenvalue weighted by molar-refractivity contribution is 7.89. The normalized spacial score (nSPS) is 17.6. The monoisotopic (exact) mass is 313 g/mol. The number of benzene rings is 1. The van der Waals surface area contributed by atoms with Gasteiger partial charge in [-0.25, -0.2) is 12.7 Å². The summed E-state index contributed by atoms with van der Waals surface area (Å²) in [5.41, 5.74) is 6.69. The van der Waals surface area contributed by atoms with Crippen LogP contribution < -0.4 is 15.8 Å². The van der Waals surface area contributed by atoms with Gasteiger partial charge in [-0.2, -0.15) is 0 Å². The molecular weight excluding hydrogens is 294 g/mol. The van der Waals surface area contributed by atoms with E-state index < -0.39 is 10.0 Å². The Morgan fingerprint density at radius 1 is 1.48 bits per heavy atom. The summed E-state index contributed by atoms with van der Waals surface area (Å²) < 4.78 is 29.8. The molecule has 0 aliphatic carbocycles.